The molecular weight excluding hydrogens is 344 g/mol. The number of likely N-dealkylation sites (tertiary alicyclic amines) is 1. The summed E-state index contributed by atoms with van der Waals surface area (Å²) in [5.74, 6) is 0.673. The maximum atomic E-state index is 12.1. The average molecular weight is 377 g/mol. The number of carbonyl (C=O) groups excluding carboxylic acids is 1. The number of carbonyl (C=O) groups is 1. The lowest BCUT2D eigenvalue weighted by molar-refractivity contribution is -0.114. The summed E-state index contributed by atoms with van der Waals surface area (Å²) in [7, 11) is 1.71. The first kappa shape index (κ1) is 21.2. The minimum atomic E-state index is -0.118. The molecule has 1 saturated heterocycles. The normalized spacial score (nSPS) is 15.6. The number of benzene rings is 1. The van der Waals surface area contributed by atoms with Gasteiger partial charge in [-0.2, -0.15) is 0 Å². The molecule has 0 atom stereocenters. The van der Waals surface area contributed by atoms with Crippen LogP contribution in [-0.2, 0) is 14.3 Å². The number of aliphatic imine (C=N–C) groups is 1. The quantitative estimate of drug-likeness (QED) is 0.392. The van der Waals surface area contributed by atoms with E-state index >= 15 is 0 Å². The molecule has 27 heavy (non-hydrogen) atoms. The average Bonchev–Trinajstić information content (AvgIpc) is 2.70. The van der Waals surface area contributed by atoms with Crippen molar-refractivity contribution in [3.05, 3.63) is 30.3 Å². The van der Waals surface area contributed by atoms with E-state index < -0.39 is 0 Å². The van der Waals surface area contributed by atoms with Crippen LogP contribution < -0.4 is 10.6 Å². The zero-order valence-electron chi connectivity index (χ0n) is 16.4. The molecule has 0 aromatic heterocycles. The number of piperidine rings is 1. The molecule has 150 valence electrons. The van der Waals surface area contributed by atoms with Crippen molar-refractivity contribution in [2.75, 3.05) is 51.8 Å². The third-order valence-electron chi connectivity index (χ3n) is 4.35. The first-order valence-electron chi connectivity index (χ1n) is 9.71. The number of anilines is 1. The van der Waals surface area contributed by atoms with Gasteiger partial charge >= 0.3 is 0 Å². The molecule has 0 saturated carbocycles. The Morgan fingerprint density at radius 2 is 1.96 bits per heavy atom. The molecule has 7 heteroatoms. The Balaban J connectivity index is 1.78. The third kappa shape index (κ3) is 7.97. The van der Waals surface area contributed by atoms with E-state index in [1.54, 1.807) is 7.11 Å². The fourth-order valence-corrected chi connectivity index (χ4v) is 2.98. The van der Waals surface area contributed by atoms with Crippen LogP contribution in [0.2, 0.25) is 0 Å². The van der Waals surface area contributed by atoms with E-state index in [0.717, 1.165) is 63.8 Å². The Bertz CT molecular complexity index is 572. The fourth-order valence-electron chi connectivity index (χ4n) is 2.98. The minimum absolute atomic E-state index is 0.102. The number of nitrogens with zero attached hydrogens (tertiary/aromatic N) is 2. The largest absolute Gasteiger partial charge is 0.385 e. The van der Waals surface area contributed by atoms with E-state index in [-0.39, 0.29) is 12.5 Å². The van der Waals surface area contributed by atoms with Gasteiger partial charge in [-0.1, -0.05) is 18.2 Å². The molecule has 0 radical (unpaired) electrons. The molecule has 1 aliphatic heterocycles. The lowest BCUT2D eigenvalue weighted by Gasteiger charge is -2.34. The molecule has 2 N–H and O–H groups in total. The number of hydrogen-bond acceptors (Lipinski definition) is 4. The van der Waals surface area contributed by atoms with Gasteiger partial charge in [-0.05, 0) is 38.3 Å². The van der Waals surface area contributed by atoms with Crippen molar-refractivity contribution < 1.29 is 14.3 Å². The van der Waals surface area contributed by atoms with E-state index in [9.17, 15) is 4.79 Å². The number of ether oxygens (including phenoxy) is 2. The molecule has 0 unspecified atom stereocenters. The second-order valence-corrected chi connectivity index (χ2v) is 6.49. The highest BCUT2D eigenvalue weighted by Gasteiger charge is 2.22. The van der Waals surface area contributed by atoms with Crippen LogP contribution in [0.1, 0.15) is 26.2 Å². The summed E-state index contributed by atoms with van der Waals surface area (Å²) >= 11 is 0. The first-order valence-corrected chi connectivity index (χ1v) is 9.71. The van der Waals surface area contributed by atoms with Gasteiger partial charge in [-0.15, -0.1) is 0 Å². The summed E-state index contributed by atoms with van der Waals surface area (Å²) in [5.41, 5.74) is 0.786. The summed E-state index contributed by atoms with van der Waals surface area (Å²) in [4.78, 5) is 18.8. The van der Waals surface area contributed by atoms with Crippen LogP contribution in [0.25, 0.3) is 0 Å². The first-order chi connectivity index (χ1) is 13.2. The Morgan fingerprint density at radius 1 is 1.22 bits per heavy atom. The zero-order valence-corrected chi connectivity index (χ0v) is 16.4. The third-order valence-corrected chi connectivity index (χ3v) is 4.35. The standard InChI is InChI=1S/C20H32N4O3/c1-3-21-20(22-16-19(25)23-17-8-5-4-6-9-17)24-12-10-18(11-13-24)27-15-7-14-26-2/h4-6,8-9,18H,3,7,10-16H2,1-2H3,(H,21,22)(H,23,25). The van der Waals surface area contributed by atoms with Gasteiger partial charge < -0.3 is 25.0 Å². The number of para-hydroxylation sites is 1. The molecule has 0 aliphatic carbocycles. The predicted octanol–water partition coefficient (Wildman–Crippen LogP) is 2.11. The summed E-state index contributed by atoms with van der Waals surface area (Å²) in [5, 5.41) is 6.15. The van der Waals surface area contributed by atoms with E-state index in [2.05, 4.69) is 20.5 Å². The maximum Gasteiger partial charge on any atom is 0.246 e. The van der Waals surface area contributed by atoms with Gasteiger partial charge in [0, 0.05) is 45.6 Å². The van der Waals surface area contributed by atoms with E-state index in [4.69, 9.17) is 9.47 Å². The van der Waals surface area contributed by atoms with Crippen LogP contribution in [0.5, 0.6) is 0 Å². The molecule has 1 fully saturated rings. The van der Waals surface area contributed by atoms with Crippen LogP contribution in [0, 0.1) is 0 Å². The topological polar surface area (TPSA) is 75.2 Å². The van der Waals surface area contributed by atoms with Crippen molar-refractivity contribution in [1.29, 1.82) is 0 Å². The van der Waals surface area contributed by atoms with Gasteiger partial charge in [-0.3, -0.25) is 4.79 Å². The van der Waals surface area contributed by atoms with Crippen LogP contribution in [0.3, 0.4) is 0 Å². The maximum absolute atomic E-state index is 12.1. The lowest BCUT2D eigenvalue weighted by atomic mass is 10.1. The van der Waals surface area contributed by atoms with Crippen molar-refractivity contribution in [2.24, 2.45) is 4.99 Å². The summed E-state index contributed by atoms with van der Waals surface area (Å²) in [6.45, 7) is 6.14. The van der Waals surface area contributed by atoms with Crippen LogP contribution in [-0.4, -0.2) is 69.4 Å². The highest BCUT2D eigenvalue weighted by molar-refractivity contribution is 5.94. The second kappa shape index (κ2) is 12.3. The van der Waals surface area contributed by atoms with E-state index in [0.29, 0.717) is 6.10 Å². The number of rotatable bonds is 9. The summed E-state index contributed by atoms with van der Waals surface area (Å²) < 4.78 is 11.0. The van der Waals surface area contributed by atoms with Crippen LogP contribution >= 0.6 is 0 Å². The van der Waals surface area contributed by atoms with Gasteiger partial charge in [-0.25, -0.2) is 4.99 Å². The number of guanidine groups is 1. The number of hydrogen-bond donors (Lipinski definition) is 2. The van der Waals surface area contributed by atoms with Gasteiger partial charge in [0.2, 0.25) is 5.91 Å². The van der Waals surface area contributed by atoms with Gasteiger partial charge in [0.15, 0.2) is 5.96 Å². The Morgan fingerprint density at radius 3 is 2.63 bits per heavy atom. The predicted molar refractivity (Wildman–Crippen MR) is 108 cm³/mol. The molecule has 1 heterocycles. The molecular formula is C20H32N4O3. The molecule has 1 aromatic carbocycles. The van der Waals surface area contributed by atoms with Gasteiger partial charge in [0.05, 0.1) is 6.10 Å². The molecule has 2 rings (SSSR count). The van der Waals surface area contributed by atoms with E-state index in [1.165, 1.54) is 0 Å². The van der Waals surface area contributed by atoms with Crippen molar-refractivity contribution in [3.8, 4) is 0 Å². The highest BCUT2D eigenvalue weighted by atomic mass is 16.5. The Labute approximate surface area is 162 Å². The van der Waals surface area contributed by atoms with Crippen LogP contribution in [0.15, 0.2) is 35.3 Å². The molecule has 0 bridgehead atoms. The number of nitrogens with one attached hydrogen (secondary N) is 2. The van der Waals surface area contributed by atoms with Gasteiger partial charge in [0.1, 0.15) is 6.54 Å². The van der Waals surface area contributed by atoms with Crippen LogP contribution in [0.4, 0.5) is 5.69 Å². The fraction of sp³-hybridized carbons (Fsp3) is 0.600. The van der Waals surface area contributed by atoms with Crippen molar-refractivity contribution >= 4 is 17.6 Å². The second-order valence-electron chi connectivity index (χ2n) is 6.49. The van der Waals surface area contributed by atoms with Crippen molar-refractivity contribution in [1.82, 2.24) is 10.2 Å². The Hall–Kier alpha value is -2.12. The SMILES string of the molecule is CCNC(=NCC(=O)Nc1ccccc1)N1CCC(OCCCOC)CC1. The smallest absolute Gasteiger partial charge is 0.246 e. The lowest BCUT2D eigenvalue weighted by Crippen LogP contribution is -2.47. The number of amides is 1. The molecule has 7 nitrogen and oxygen atoms in total. The Kier molecular flexibility index (Phi) is 9.65. The molecule has 1 amide bonds. The van der Waals surface area contributed by atoms with Crippen molar-refractivity contribution in [2.45, 2.75) is 32.3 Å². The van der Waals surface area contributed by atoms with Crippen molar-refractivity contribution in [3.63, 3.8) is 0 Å². The monoisotopic (exact) mass is 376 g/mol. The molecule has 1 aliphatic rings. The number of methoxy groups -OCH3 is 1. The molecule has 0 spiro atoms. The summed E-state index contributed by atoms with van der Waals surface area (Å²) in [6, 6.07) is 9.44. The van der Waals surface area contributed by atoms with Gasteiger partial charge in [0.25, 0.3) is 0 Å². The summed E-state index contributed by atoms with van der Waals surface area (Å²) in [6.07, 6.45) is 3.15. The molecule has 1 aromatic rings. The highest BCUT2D eigenvalue weighted by Crippen LogP contribution is 2.14. The minimum Gasteiger partial charge on any atom is -0.385 e. The zero-order chi connectivity index (χ0) is 19.3. The van der Waals surface area contributed by atoms with E-state index in [1.807, 2.05) is 37.3 Å².